The SMILES string of the molecule is COc1ccc(N([C@H](C)C(=O)Nc2c(C)cccc2C(C)C)S(C)(=O)=O)cc1OC. The van der Waals surface area contributed by atoms with Crippen LogP contribution in [-0.2, 0) is 14.8 Å². The van der Waals surface area contributed by atoms with Crippen LogP contribution in [0.25, 0.3) is 0 Å². The van der Waals surface area contributed by atoms with Gasteiger partial charge in [-0.25, -0.2) is 8.42 Å². The molecule has 0 heterocycles. The summed E-state index contributed by atoms with van der Waals surface area (Å²) in [5.74, 6) is 0.615. The van der Waals surface area contributed by atoms with Crippen molar-refractivity contribution in [3.63, 3.8) is 0 Å². The Kier molecular flexibility index (Phi) is 7.36. The minimum absolute atomic E-state index is 0.201. The van der Waals surface area contributed by atoms with Crippen LogP contribution in [0.2, 0.25) is 0 Å². The molecule has 0 aromatic heterocycles. The number of hydrogen-bond donors (Lipinski definition) is 1. The number of carbonyl (C=O) groups excluding carboxylic acids is 1. The Bertz CT molecular complexity index is 1020. The number of nitrogens with zero attached hydrogens (tertiary/aromatic N) is 1. The molecule has 1 amide bonds. The number of rotatable bonds is 8. The lowest BCUT2D eigenvalue weighted by Crippen LogP contribution is -2.45. The maximum Gasteiger partial charge on any atom is 0.248 e. The lowest BCUT2D eigenvalue weighted by Gasteiger charge is -2.29. The molecule has 0 unspecified atom stereocenters. The van der Waals surface area contributed by atoms with Crippen LogP contribution in [0.3, 0.4) is 0 Å². The third kappa shape index (κ3) is 5.05. The molecule has 2 rings (SSSR count). The zero-order valence-corrected chi connectivity index (χ0v) is 19.3. The first-order valence-corrected chi connectivity index (χ1v) is 11.5. The fourth-order valence-corrected chi connectivity index (χ4v) is 4.51. The van der Waals surface area contributed by atoms with Gasteiger partial charge in [0.15, 0.2) is 11.5 Å². The summed E-state index contributed by atoms with van der Waals surface area (Å²) in [4.78, 5) is 13.1. The van der Waals surface area contributed by atoms with Gasteiger partial charge in [0, 0.05) is 11.8 Å². The highest BCUT2D eigenvalue weighted by molar-refractivity contribution is 7.92. The van der Waals surface area contributed by atoms with Crippen molar-refractivity contribution in [2.24, 2.45) is 0 Å². The van der Waals surface area contributed by atoms with Gasteiger partial charge in [-0.3, -0.25) is 9.10 Å². The predicted octanol–water partition coefficient (Wildman–Crippen LogP) is 3.93. The van der Waals surface area contributed by atoms with Gasteiger partial charge in [-0.15, -0.1) is 0 Å². The van der Waals surface area contributed by atoms with E-state index in [0.29, 0.717) is 22.9 Å². The molecule has 0 bridgehead atoms. The Labute approximate surface area is 179 Å². The molecule has 0 aliphatic carbocycles. The van der Waals surface area contributed by atoms with E-state index >= 15 is 0 Å². The summed E-state index contributed by atoms with van der Waals surface area (Å²) >= 11 is 0. The Morgan fingerprint density at radius 3 is 2.20 bits per heavy atom. The molecule has 0 radical (unpaired) electrons. The number of anilines is 2. The number of ether oxygens (including phenoxy) is 2. The van der Waals surface area contributed by atoms with Gasteiger partial charge in [0.2, 0.25) is 15.9 Å². The van der Waals surface area contributed by atoms with Gasteiger partial charge in [-0.05, 0) is 43.0 Å². The van der Waals surface area contributed by atoms with Gasteiger partial charge in [0.1, 0.15) is 6.04 Å². The van der Waals surface area contributed by atoms with E-state index < -0.39 is 22.0 Å². The van der Waals surface area contributed by atoms with Gasteiger partial charge in [-0.2, -0.15) is 0 Å². The van der Waals surface area contributed by atoms with Crippen LogP contribution in [0.5, 0.6) is 11.5 Å². The number of aryl methyl sites for hydroxylation is 1. The zero-order valence-electron chi connectivity index (χ0n) is 18.5. The molecule has 0 saturated heterocycles. The maximum atomic E-state index is 13.1. The summed E-state index contributed by atoms with van der Waals surface area (Å²) in [6.45, 7) is 7.55. The minimum atomic E-state index is -3.76. The van der Waals surface area contributed by atoms with Gasteiger partial charge < -0.3 is 14.8 Å². The lowest BCUT2D eigenvalue weighted by atomic mass is 9.98. The molecule has 0 spiro atoms. The molecule has 0 fully saturated rings. The highest BCUT2D eigenvalue weighted by Crippen LogP contribution is 2.34. The van der Waals surface area contributed by atoms with Crippen molar-refractivity contribution in [2.45, 2.75) is 39.7 Å². The van der Waals surface area contributed by atoms with Crippen LogP contribution in [0.1, 0.15) is 37.8 Å². The number of sulfonamides is 1. The lowest BCUT2D eigenvalue weighted by molar-refractivity contribution is -0.116. The fourth-order valence-electron chi connectivity index (χ4n) is 3.34. The van der Waals surface area contributed by atoms with Crippen molar-refractivity contribution in [1.82, 2.24) is 0 Å². The molecule has 0 saturated carbocycles. The van der Waals surface area contributed by atoms with Crippen LogP contribution in [-0.4, -0.2) is 40.8 Å². The van der Waals surface area contributed by atoms with E-state index in [2.05, 4.69) is 5.32 Å². The third-order valence-electron chi connectivity index (χ3n) is 4.89. The van der Waals surface area contributed by atoms with E-state index in [0.717, 1.165) is 21.7 Å². The monoisotopic (exact) mass is 434 g/mol. The number of amides is 1. The number of methoxy groups -OCH3 is 2. The smallest absolute Gasteiger partial charge is 0.248 e. The summed E-state index contributed by atoms with van der Waals surface area (Å²) in [6, 6.07) is 9.55. The van der Waals surface area contributed by atoms with Crippen LogP contribution in [0, 0.1) is 6.92 Å². The Hall–Kier alpha value is -2.74. The minimum Gasteiger partial charge on any atom is -0.493 e. The summed E-state index contributed by atoms with van der Waals surface area (Å²) in [6.07, 6.45) is 1.07. The van der Waals surface area contributed by atoms with E-state index in [1.807, 2.05) is 39.0 Å². The number of carbonyl (C=O) groups is 1. The van der Waals surface area contributed by atoms with E-state index in [1.165, 1.54) is 20.3 Å². The van der Waals surface area contributed by atoms with Gasteiger partial charge in [0.05, 0.1) is 26.2 Å². The van der Waals surface area contributed by atoms with Crippen molar-refractivity contribution in [3.05, 3.63) is 47.5 Å². The number of benzene rings is 2. The summed E-state index contributed by atoms with van der Waals surface area (Å²) in [5, 5.41) is 2.93. The van der Waals surface area contributed by atoms with Gasteiger partial charge in [0.25, 0.3) is 0 Å². The average molecular weight is 435 g/mol. The largest absolute Gasteiger partial charge is 0.493 e. The highest BCUT2D eigenvalue weighted by Gasteiger charge is 2.30. The molecule has 8 heteroatoms. The van der Waals surface area contributed by atoms with Crippen molar-refractivity contribution >= 4 is 27.3 Å². The molecule has 164 valence electrons. The second-order valence-electron chi connectivity index (χ2n) is 7.46. The van der Waals surface area contributed by atoms with Gasteiger partial charge in [-0.1, -0.05) is 32.0 Å². The highest BCUT2D eigenvalue weighted by atomic mass is 32.2. The molecule has 2 aromatic rings. The molecule has 1 atom stereocenters. The number of hydrogen-bond acceptors (Lipinski definition) is 5. The quantitative estimate of drug-likeness (QED) is 0.680. The molecule has 0 aliphatic rings. The molecular formula is C22H30N2O5S. The Balaban J connectivity index is 2.45. The zero-order chi connectivity index (χ0) is 22.6. The first kappa shape index (κ1) is 23.5. The first-order valence-electron chi connectivity index (χ1n) is 9.63. The van der Waals surface area contributed by atoms with Crippen molar-refractivity contribution in [1.29, 1.82) is 0 Å². The Morgan fingerprint density at radius 2 is 1.67 bits per heavy atom. The van der Waals surface area contributed by atoms with Crippen molar-refractivity contribution in [2.75, 3.05) is 30.1 Å². The topological polar surface area (TPSA) is 84.9 Å². The van der Waals surface area contributed by atoms with E-state index in [1.54, 1.807) is 19.1 Å². The first-order chi connectivity index (χ1) is 14.0. The number of nitrogens with one attached hydrogen (secondary N) is 1. The molecule has 2 aromatic carbocycles. The third-order valence-corrected chi connectivity index (χ3v) is 6.13. The second kappa shape index (κ2) is 9.38. The van der Waals surface area contributed by atoms with Crippen LogP contribution < -0.4 is 19.1 Å². The summed E-state index contributed by atoms with van der Waals surface area (Å²) in [5.41, 5.74) is 2.93. The fraction of sp³-hybridized carbons (Fsp3) is 0.409. The number of para-hydroxylation sites is 1. The van der Waals surface area contributed by atoms with Crippen molar-refractivity contribution in [3.8, 4) is 11.5 Å². The summed E-state index contributed by atoms with van der Waals surface area (Å²) in [7, 11) is -0.797. The molecular weight excluding hydrogens is 404 g/mol. The Morgan fingerprint density at radius 1 is 1.03 bits per heavy atom. The second-order valence-corrected chi connectivity index (χ2v) is 9.32. The predicted molar refractivity (Wildman–Crippen MR) is 120 cm³/mol. The average Bonchev–Trinajstić information content (AvgIpc) is 2.67. The van der Waals surface area contributed by atoms with Crippen LogP contribution >= 0.6 is 0 Å². The summed E-state index contributed by atoms with van der Waals surface area (Å²) < 4.78 is 36.8. The van der Waals surface area contributed by atoms with Crippen molar-refractivity contribution < 1.29 is 22.7 Å². The van der Waals surface area contributed by atoms with E-state index in [9.17, 15) is 13.2 Å². The van der Waals surface area contributed by atoms with Crippen LogP contribution in [0.4, 0.5) is 11.4 Å². The maximum absolute atomic E-state index is 13.1. The molecule has 1 N–H and O–H groups in total. The van der Waals surface area contributed by atoms with Crippen LogP contribution in [0.15, 0.2) is 36.4 Å². The standard InChI is InChI=1S/C22H30N2O5S/c1-14(2)18-10-8-9-15(3)21(18)23-22(25)16(4)24(30(7,26)27)17-11-12-19(28-5)20(13-17)29-6/h8-14,16H,1-7H3,(H,23,25)/t16-/m1/s1. The van der Waals surface area contributed by atoms with E-state index in [4.69, 9.17) is 9.47 Å². The van der Waals surface area contributed by atoms with E-state index in [-0.39, 0.29) is 5.92 Å². The normalized spacial score (nSPS) is 12.4. The van der Waals surface area contributed by atoms with Gasteiger partial charge >= 0.3 is 0 Å². The molecule has 0 aliphatic heterocycles. The molecule has 30 heavy (non-hydrogen) atoms. The molecule has 7 nitrogen and oxygen atoms in total.